The SMILES string of the molecule is COc1cc(/C=C(/C#N)C(=O)NCCCc2ccccc2)cc(I)c1OCc1ccc2ccccc2c1. The quantitative estimate of drug-likeness (QED) is 0.0951. The Balaban J connectivity index is 1.41. The number of aryl methyl sites for hydroxylation is 1. The average molecular weight is 602 g/mol. The molecule has 0 saturated carbocycles. The molecule has 0 saturated heterocycles. The number of ether oxygens (including phenoxy) is 2. The van der Waals surface area contributed by atoms with Crippen LogP contribution < -0.4 is 14.8 Å². The summed E-state index contributed by atoms with van der Waals surface area (Å²) in [6, 6.07) is 30.2. The number of rotatable bonds is 10. The summed E-state index contributed by atoms with van der Waals surface area (Å²) in [7, 11) is 1.58. The molecule has 37 heavy (non-hydrogen) atoms. The van der Waals surface area contributed by atoms with Crippen molar-refractivity contribution in [2.24, 2.45) is 0 Å². The fraction of sp³-hybridized carbons (Fsp3) is 0.161. The molecule has 0 unspecified atom stereocenters. The van der Waals surface area contributed by atoms with Crippen LogP contribution in [0, 0.1) is 14.9 Å². The molecule has 0 aliphatic heterocycles. The van der Waals surface area contributed by atoms with Crippen LogP contribution in [0.3, 0.4) is 0 Å². The van der Waals surface area contributed by atoms with Crippen LogP contribution in [0.25, 0.3) is 16.8 Å². The number of benzene rings is 4. The lowest BCUT2D eigenvalue weighted by Gasteiger charge is -2.14. The summed E-state index contributed by atoms with van der Waals surface area (Å²) in [6.07, 6.45) is 3.23. The van der Waals surface area contributed by atoms with E-state index in [1.54, 1.807) is 19.3 Å². The van der Waals surface area contributed by atoms with Crippen LogP contribution in [-0.2, 0) is 17.8 Å². The molecule has 1 N–H and O–H groups in total. The molecule has 0 aliphatic rings. The Kier molecular flexibility index (Phi) is 9.17. The lowest BCUT2D eigenvalue weighted by atomic mass is 10.1. The Hall–Kier alpha value is -3.83. The Bertz CT molecular complexity index is 1460. The van der Waals surface area contributed by atoms with Gasteiger partial charge in [0, 0.05) is 6.54 Å². The van der Waals surface area contributed by atoms with E-state index in [1.807, 2.05) is 42.5 Å². The highest BCUT2D eigenvalue weighted by Gasteiger charge is 2.14. The summed E-state index contributed by atoms with van der Waals surface area (Å²) >= 11 is 2.18. The van der Waals surface area contributed by atoms with Gasteiger partial charge in [0.15, 0.2) is 11.5 Å². The van der Waals surface area contributed by atoms with Crippen molar-refractivity contribution >= 4 is 45.3 Å². The topological polar surface area (TPSA) is 71.3 Å². The molecule has 0 radical (unpaired) electrons. The maximum Gasteiger partial charge on any atom is 0.261 e. The third-order valence-corrected chi connectivity index (χ3v) is 6.70. The monoisotopic (exact) mass is 602 g/mol. The number of nitrogens with one attached hydrogen (secondary N) is 1. The first-order chi connectivity index (χ1) is 18.1. The summed E-state index contributed by atoms with van der Waals surface area (Å²) in [4.78, 5) is 12.6. The van der Waals surface area contributed by atoms with Crippen LogP contribution in [0.5, 0.6) is 11.5 Å². The molecule has 0 aromatic heterocycles. The number of hydrogen-bond donors (Lipinski definition) is 1. The van der Waals surface area contributed by atoms with Crippen LogP contribution in [0.15, 0.2) is 90.5 Å². The van der Waals surface area contributed by atoms with E-state index in [2.05, 4.69) is 70.4 Å². The molecular weight excluding hydrogens is 575 g/mol. The molecule has 0 fully saturated rings. The van der Waals surface area contributed by atoms with Crippen molar-refractivity contribution in [3.05, 3.63) is 111 Å². The van der Waals surface area contributed by atoms with Gasteiger partial charge in [0.05, 0.1) is 10.7 Å². The number of halogens is 1. The first-order valence-electron chi connectivity index (χ1n) is 12.0. The smallest absolute Gasteiger partial charge is 0.261 e. The van der Waals surface area contributed by atoms with E-state index in [1.165, 1.54) is 10.9 Å². The minimum absolute atomic E-state index is 0.0439. The van der Waals surface area contributed by atoms with E-state index in [0.29, 0.717) is 30.2 Å². The number of nitrogens with zero attached hydrogens (tertiary/aromatic N) is 1. The van der Waals surface area contributed by atoms with E-state index in [0.717, 1.165) is 27.4 Å². The lowest BCUT2D eigenvalue weighted by molar-refractivity contribution is -0.117. The molecule has 0 heterocycles. The standard InChI is InChI=1S/C31H27IN2O3/c1-36-29-19-24(17-27(20-33)31(35)34-15-7-10-22-8-3-2-4-9-22)18-28(32)30(29)37-21-23-13-14-25-11-5-6-12-26(25)16-23/h2-6,8-9,11-14,16-19H,7,10,15,21H2,1H3,(H,34,35)/b27-17-. The van der Waals surface area contributed by atoms with Crippen LogP contribution in [0.2, 0.25) is 0 Å². The van der Waals surface area contributed by atoms with Gasteiger partial charge >= 0.3 is 0 Å². The highest BCUT2D eigenvalue weighted by atomic mass is 127. The molecule has 5 nitrogen and oxygen atoms in total. The summed E-state index contributed by atoms with van der Waals surface area (Å²) in [5.41, 5.74) is 3.01. The van der Waals surface area contributed by atoms with Crippen molar-refractivity contribution in [3.63, 3.8) is 0 Å². The third-order valence-electron chi connectivity index (χ3n) is 5.90. The predicted octanol–water partition coefficient (Wildman–Crippen LogP) is 6.69. The first-order valence-corrected chi connectivity index (χ1v) is 13.1. The second-order valence-electron chi connectivity index (χ2n) is 8.52. The fourth-order valence-electron chi connectivity index (χ4n) is 4.00. The number of fused-ring (bicyclic) bond motifs is 1. The molecule has 0 aliphatic carbocycles. The first kappa shape index (κ1) is 26.2. The fourth-order valence-corrected chi connectivity index (χ4v) is 4.78. The molecule has 0 bridgehead atoms. The Morgan fingerprint density at radius 2 is 1.73 bits per heavy atom. The molecule has 1 amide bonds. The predicted molar refractivity (Wildman–Crippen MR) is 155 cm³/mol. The molecule has 186 valence electrons. The highest BCUT2D eigenvalue weighted by molar-refractivity contribution is 14.1. The Morgan fingerprint density at radius 1 is 0.973 bits per heavy atom. The van der Waals surface area contributed by atoms with Gasteiger partial charge in [-0.05, 0) is 87.2 Å². The van der Waals surface area contributed by atoms with Gasteiger partial charge in [-0.25, -0.2) is 0 Å². The zero-order chi connectivity index (χ0) is 26.0. The van der Waals surface area contributed by atoms with Crippen LogP contribution in [0.4, 0.5) is 0 Å². The second kappa shape index (κ2) is 12.9. The van der Waals surface area contributed by atoms with E-state index in [4.69, 9.17) is 9.47 Å². The largest absolute Gasteiger partial charge is 0.493 e. The maximum atomic E-state index is 12.6. The van der Waals surface area contributed by atoms with Gasteiger partial charge < -0.3 is 14.8 Å². The van der Waals surface area contributed by atoms with E-state index >= 15 is 0 Å². The molecular formula is C31H27IN2O3. The summed E-state index contributed by atoms with van der Waals surface area (Å²) in [5, 5.41) is 14.8. The number of hydrogen-bond acceptors (Lipinski definition) is 4. The van der Waals surface area contributed by atoms with Crippen LogP contribution in [-0.4, -0.2) is 19.6 Å². The normalized spacial score (nSPS) is 11.1. The van der Waals surface area contributed by atoms with Crippen molar-refractivity contribution < 1.29 is 14.3 Å². The minimum Gasteiger partial charge on any atom is -0.493 e. The summed E-state index contributed by atoms with van der Waals surface area (Å²) in [6.45, 7) is 0.885. The Labute approximate surface area is 230 Å². The highest BCUT2D eigenvalue weighted by Crippen LogP contribution is 2.35. The number of carbonyl (C=O) groups is 1. The lowest BCUT2D eigenvalue weighted by Crippen LogP contribution is -2.25. The van der Waals surface area contributed by atoms with Gasteiger partial charge in [0.25, 0.3) is 5.91 Å². The number of carbonyl (C=O) groups excluding carboxylic acids is 1. The van der Waals surface area contributed by atoms with Crippen LogP contribution in [0.1, 0.15) is 23.1 Å². The maximum absolute atomic E-state index is 12.6. The van der Waals surface area contributed by atoms with Gasteiger partial charge in [0.1, 0.15) is 18.2 Å². The number of amides is 1. The van der Waals surface area contributed by atoms with Gasteiger partial charge in [0.2, 0.25) is 0 Å². The number of nitriles is 1. The zero-order valence-corrected chi connectivity index (χ0v) is 22.7. The van der Waals surface area contributed by atoms with E-state index < -0.39 is 0 Å². The molecule has 0 spiro atoms. The molecule has 4 aromatic carbocycles. The van der Waals surface area contributed by atoms with Crippen LogP contribution >= 0.6 is 22.6 Å². The molecule has 0 atom stereocenters. The average Bonchev–Trinajstić information content (AvgIpc) is 2.93. The zero-order valence-electron chi connectivity index (χ0n) is 20.5. The minimum atomic E-state index is -0.388. The Morgan fingerprint density at radius 3 is 2.49 bits per heavy atom. The van der Waals surface area contributed by atoms with E-state index in [-0.39, 0.29) is 11.5 Å². The summed E-state index contributed by atoms with van der Waals surface area (Å²) in [5.74, 6) is 0.776. The third kappa shape index (κ3) is 7.11. The van der Waals surface area contributed by atoms with E-state index in [9.17, 15) is 10.1 Å². The van der Waals surface area contributed by atoms with Crippen molar-refractivity contribution in [3.8, 4) is 17.6 Å². The molecule has 4 aromatic rings. The van der Waals surface area contributed by atoms with Gasteiger partial charge in [-0.2, -0.15) is 5.26 Å². The summed E-state index contributed by atoms with van der Waals surface area (Å²) < 4.78 is 12.5. The van der Waals surface area contributed by atoms with Crippen molar-refractivity contribution in [2.75, 3.05) is 13.7 Å². The second-order valence-corrected chi connectivity index (χ2v) is 9.68. The molecule has 6 heteroatoms. The van der Waals surface area contributed by atoms with Gasteiger partial charge in [-0.15, -0.1) is 0 Å². The van der Waals surface area contributed by atoms with Gasteiger partial charge in [-0.1, -0.05) is 66.7 Å². The van der Waals surface area contributed by atoms with Gasteiger partial charge in [-0.3, -0.25) is 4.79 Å². The van der Waals surface area contributed by atoms with Crippen molar-refractivity contribution in [1.29, 1.82) is 5.26 Å². The number of methoxy groups -OCH3 is 1. The molecule has 4 rings (SSSR count). The van der Waals surface area contributed by atoms with Crippen molar-refractivity contribution in [1.82, 2.24) is 5.32 Å². The van der Waals surface area contributed by atoms with Crippen molar-refractivity contribution in [2.45, 2.75) is 19.4 Å².